The quantitative estimate of drug-likeness (QED) is 0.628. The molecule has 0 atom stereocenters. The van der Waals surface area contributed by atoms with Gasteiger partial charge in [-0.05, 0) is 95.5 Å². The van der Waals surface area contributed by atoms with Crippen LogP contribution in [0.4, 0.5) is 5.69 Å². The van der Waals surface area contributed by atoms with Crippen molar-refractivity contribution in [2.75, 3.05) is 38.1 Å². The van der Waals surface area contributed by atoms with Crippen molar-refractivity contribution in [3.63, 3.8) is 0 Å². The van der Waals surface area contributed by atoms with Gasteiger partial charge in [-0.1, -0.05) is 38.8 Å². The highest BCUT2D eigenvalue weighted by atomic mass is 32.1. The minimum atomic E-state index is 0.159. The molecule has 1 saturated heterocycles. The Balaban J connectivity index is 1.70. The van der Waals surface area contributed by atoms with Crippen LogP contribution in [0.15, 0.2) is 18.2 Å². The number of aryl methyl sites for hydroxylation is 1. The fourth-order valence-electron chi connectivity index (χ4n) is 5.82. The molecule has 1 heterocycles. The molecule has 2 fully saturated rings. The molecule has 1 aromatic rings. The van der Waals surface area contributed by atoms with E-state index in [-0.39, 0.29) is 5.54 Å². The van der Waals surface area contributed by atoms with Crippen molar-refractivity contribution in [2.45, 2.75) is 78.8 Å². The molecule has 0 N–H and O–H groups in total. The maximum absolute atomic E-state index is 4.48. The molecule has 1 saturated carbocycles. The number of hydrogen-bond acceptors (Lipinski definition) is 4. The fourth-order valence-corrected chi connectivity index (χ4v) is 6.01. The number of benzene rings is 1. The van der Waals surface area contributed by atoms with Crippen LogP contribution >= 0.6 is 12.8 Å². The van der Waals surface area contributed by atoms with Crippen LogP contribution in [0.1, 0.15) is 64.5 Å². The van der Waals surface area contributed by atoms with Crippen molar-refractivity contribution >= 4 is 18.5 Å². The fraction of sp³-hybridized carbons (Fsp3) is 0.760. The summed E-state index contributed by atoms with van der Waals surface area (Å²) in [4.78, 5) is 5.43. The lowest BCUT2D eigenvalue weighted by Crippen LogP contribution is -2.55. The summed E-state index contributed by atoms with van der Waals surface area (Å²) in [5, 5.41) is 0. The van der Waals surface area contributed by atoms with Crippen molar-refractivity contribution in [1.29, 1.82) is 0 Å². The Bertz CT molecular complexity index is 691. The van der Waals surface area contributed by atoms with E-state index in [0.29, 0.717) is 11.5 Å². The summed E-state index contributed by atoms with van der Waals surface area (Å²) in [6, 6.07) is 7.47. The maximum Gasteiger partial charge on any atom is 0.0403 e. The normalized spacial score (nSPS) is 27.4. The van der Waals surface area contributed by atoms with Crippen LogP contribution in [0.5, 0.6) is 0 Å². The number of hydrogen-bond donors (Lipinski definition) is 1. The first-order valence-corrected chi connectivity index (χ1v) is 11.9. The Morgan fingerprint density at radius 1 is 1.10 bits per heavy atom. The topological polar surface area (TPSA) is 9.72 Å². The first-order chi connectivity index (χ1) is 13.5. The number of thiol groups is 1. The summed E-state index contributed by atoms with van der Waals surface area (Å²) in [7, 11) is 2.09. The second-order valence-corrected chi connectivity index (χ2v) is 11.8. The molecular formula is C25H43N3S. The van der Waals surface area contributed by atoms with Crippen molar-refractivity contribution in [2.24, 2.45) is 11.3 Å². The van der Waals surface area contributed by atoms with Crippen molar-refractivity contribution in [1.82, 2.24) is 9.21 Å². The molecule has 0 aromatic heterocycles. The average molecular weight is 418 g/mol. The van der Waals surface area contributed by atoms with Crippen molar-refractivity contribution < 1.29 is 0 Å². The van der Waals surface area contributed by atoms with Gasteiger partial charge in [0.1, 0.15) is 0 Å². The summed E-state index contributed by atoms with van der Waals surface area (Å²) in [6.45, 7) is 19.0. The van der Waals surface area contributed by atoms with E-state index in [9.17, 15) is 0 Å². The molecule has 0 radical (unpaired) electrons. The van der Waals surface area contributed by atoms with Crippen LogP contribution in [0, 0.1) is 25.2 Å². The third-order valence-electron chi connectivity index (χ3n) is 7.39. The molecule has 0 bridgehead atoms. The van der Waals surface area contributed by atoms with E-state index < -0.39 is 0 Å². The zero-order chi connectivity index (χ0) is 21.4. The number of rotatable bonds is 5. The largest absolute Gasteiger partial charge is 0.365 e. The highest BCUT2D eigenvalue weighted by molar-refractivity contribution is 7.77. The molecule has 1 aliphatic heterocycles. The van der Waals surface area contributed by atoms with Gasteiger partial charge in [-0.2, -0.15) is 0 Å². The molecule has 3 nitrogen and oxygen atoms in total. The lowest BCUT2D eigenvalue weighted by atomic mass is 9.76. The summed E-state index contributed by atoms with van der Waals surface area (Å²) in [5.41, 5.74) is 4.72. The van der Waals surface area contributed by atoms with Crippen molar-refractivity contribution in [3.8, 4) is 0 Å². The summed E-state index contributed by atoms with van der Waals surface area (Å²) >= 11 is 4.48. The highest BCUT2D eigenvalue weighted by Gasteiger charge is 2.38. The zero-order valence-electron chi connectivity index (χ0n) is 19.8. The number of nitrogens with zero attached hydrogens (tertiary/aromatic N) is 3. The molecule has 164 valence electrons. The molecule has 29 heavy (non-hydrogen) atoms. The Morgan fingerprint density at radius 3 is 2.45 bits per heavy atom. The van der Waals surface area contributed by atoms with Gasteiger partial charge < -0.3 is 9.80 Å². The van der Waals surface area contributed by atoms with Crippen LogP contribution in [0.25, 0.3) is 0 Å². The van der Waals surface area contributed by atoms with Crippen LogP contribution in [0.3, 0.4) is 0 Å². The minimum absolute atomic E-state index is 0.159. The summed E-state index contributed by atoms with van der Waals surface area (Å²) in [6.07, 6.45) is 5.18. The molecule has 0 unspecified atom stereocenters. The Morgan fingerprint density at radius 2 is 1.79 bits per heavy atom. The molecule has 3 rings (SSSR count). The SMILES string of the molecule is Cc1cccc(N2CCN(CC[C@H]3C[C@@H](N(C)S)C3)CC(C)(C)CC2(C)C)c1C. The first-order valence-electron chi connectivity index (χ1n) is 11.5. The van der Waals surface area contributed by atoms with Crippen LogP contribution in [0.2, 0.25) is 0 Å². The van der Waals surface area contributed by atoms with E-state index in [2.05, 4.69) is 93.7 Å². The predicted molar refractivity (Wildman–Crippen MR) is 130 cm³/mol. The second-order valence-electron chi connectivity index (χ2n) is 11.2. The lowest BCUT2D eigenvalue weighted by Gasteiger charge is -2.50. The second kappa shape index (κ2) is 8.80. The van der Waals surface area contributed by atoms with Gasteiger partial charge >= 0.3 is 0 Å². The summed E-state index contributed by atoms with van der Waals surface area (Å²) in [5.74, 6) is 0.884. The molecule has 1 aliphatic carbocycles. The van der Waals surface area contributed by atoms with E-state index in [0.717, 1.165) is 19.0 Å². The van der Waals surface area contributed by atoms with Crippen molar-refractivity contribution in [3.05, 3.63) is 29.3 Å². The Hall–Kier alpha value is -0.710. The lowest BCUT2D eigenvalue weighted by molar-refractivity contribution is 0.102. The minimum Gasteiger partial charge on any atom is -0.365 e. The standard InChI is InChI=1S/C25H43N3S/c1-19-9-8-10-23(20(19)2)28-14-13-27(18-24(3,4)17-25(28,5)6)12-11-21-15-22(16-21)26(7)29/h8-10,21-22,29H,11-18H2,1-7H3/t21-,22+. The predicted octanol–water partition coefficient (Wildman–Crippen LogP) is 5.57. The third kappa shape index (κ3) is 5.51. The van der Waals surface area contributed by atoms with Gasteiger partial charge in [-0.25, -0.2) is 0 Å². The van der Waals surface area contributed by atoms with Gasteiger partial charge in [0.15, 0.2) is 0 Å². The molecule has 2 aliphatic rings. The summed E-state index contributed by atoms with van der Waals surface area (Å²) < 4.78 is 2.10. The van der Waals surface area contributed by atoms with E-state index in [1.807, 2.05) is 0 Å². The van der Waals surface area contributed by atoms with E-state index in [4.69, 9.17) is 0 Å². The molecule has 0 amide bonds. The van der Waals surface area contributed by atoms with Gasteiger partial charge in [0.2, 0.25) is 0 Å². The van der Waals surface area contributed by atoms with E-state index in [1.54, 1.807) is 0 Å². The van der Waals surface area contributed by atoms with Gasteiger partial charge in [-0.15, -0.1) is 0 Å². The highest BCUT2D eigenvalue weighted by Crippen LogP contribution is 2.39. The van der Waals surface area contributed by atoms with Gasteiger partial charge in [-0.3, -0.25) is 4.31 Å². The Labute approximate surface area is 185 Å². The molecule has 4 heteroatoms. The maximum atomic E-state index is 4.48. The molecule has 1 aromatic carbocycles. The van der Waals surface area contributed by atoms with Crippen LogP contribution < -0.4 is 4.90 Å². The van der Waals surface area contributed by atoms with Gasteiger partial charge in [0, 0.05) is 36.9 Å². The number of anilines is 1. The van der Waals surface area contributed by atoms with E-state index in [1.165, 1.54) is 55.6 Å². The van der Waals surface area contributed by atoms with Gasteiger partial charge in [0.25, 0.3) is 0 Å². The third-order valence-corrected chi connectivity index (χ3v) is 7.72. The zero-order valence-corrected chi connectivity index (χ0v) is 20.7. The van der Waals surface area contributed by atoms with Crippen LogP contribution in [-0.2, 0) is 0 Å². The Kier molecular flexibility index (Phi) is 6.97. The van der Waals surface area contributed by atoms with Crippen LogP contribution in [-0.4, -0.2) is 54.0 Å². The van der Waals surface area contributed by atoms with Gasteiger partial charge in [0.05, 0.1) is 0 Å². The molecular weight excluding hydrogens is 374 g/mol. The monoisotopic (exact) mass is 417 g/mol. The molecule has 0 spiro atoms. The van der Waals surface area contributed by atoms with E-state index >= 15 is 0 Å². The average Bonchev–Trinajstić information content (AvgIpc) is 2.54. The first kappa shape index (κ1) is 23.0. The smallest absolute Gasteiger partial charge is 0.0403 e.